The molecule has 2 N–H and O–H groups in total. The van der Waals surface area contributed by atoms with Gasteiger partial charge in [0.05, 0.1) is 4.92 Å². The average Bonchev–Trinajstić information content (AvgIpc) is 2.88. The van der Waals surface area contributed by atoms with Gasteiger partial charge < -0.3 is 10.6 Å². The van der Waals surface area contributed by atoms with Crippen molar-refractivity contribution in [3.63, 3.8) is 0 Å². The maximum Gasteiger partial charge on any atom is 0.312 e. The van der Waals surface area contributed by atoms with Crippen LogP contribution in [0.5, 0.6) is 0 Å². The molecule has 1 aromatic heterocycles. The van der Waals surface area contributed by atoms with E-state index in [-0.39, 0.29) is 22.6 Å². The predicted molar refractivity (Wildman–Crippen MR) is 89.7 cm³/mol. The quantitative estimate of drug-likeness (QED) is 0.577. The van der Waals surface area contributed by atoms with Crippen LogP contribution in [0, 0.1) is 35.6 Å². The number of benzene rings is 1. The topological polar surface area (TPSA) is 119 Å². The molecule has 0 radical (unpaired) electrons. The normalized spacial score (nSPS) is 11.7. The van der Waals surface area contributed by atoms with Crippen LogP contribution in [0.25, 0.3) is 0 Å². The summed E-state index contributed by atoms with van der Waals surface area (Å²) in [5, 5.41) is 19.7. The molecule has 1 unspecified atom stereocenters. The van der Waals surface area contributed by atoms with E-state index >= 15 is 0 Å². The smallest absolute Gasteiger partial charge is 0.312 e. The third-order valence-electron chi connectivity index (χ3n) is 3.91. The Labute approximate surface area is 152 Å². The Bertz CT molecular complexity index is 912. The number of carbonyl (C=O) groups is 2. The van der Waals surface area contributed by atoms with Gasteiger partial charge in [-0.1, -0.05) is 6.07 Å². The van der Waals surface area contributed by atoms with Gasteiger partial charge >= 0.3 is 5.69 Å². The zero-order valence-electron chi connectivity index (χ0n) is 14.7. The van der Waals surface area contributed by atoms with E-state index in [0.717, 1.165) is 16.8 Å². The first-order valence-electron chi connectivity index (χ1n) is 7.80. The number of likely N-dealkylation sites (N-methyl/N-ethyl adjacent to an activating group) is 1. The Morgan fingerprint density at radius 2 is 1.96 bits per heavy atom. The van der Waals surface area contributed by atoms with Crippen LogP contribution in [-0.2, 0) is 16.1 Å². The SMILES string of the molecule is CNC(=O)C(NC(=O)Cn1nc(C)c([N+](=O)[O-])c1C)c1ccc(F)c(F)c1. The van der Waals surface area contributed by atoms with Gasteiger partial charge in [0.1, 0.15) is 24.0 Å². The monoisotopic (exact) mass is 381 g/mol. The van der Waals surface area contributed by atoms with Crippen LogP contribution in [0.3, 0.4) is 0 Å². The van der Waals surface area contributed by atoms with E-state index in [4.69, 9.17) is 0 Å². The summed E-state index contributed by atoms with van der Waals surface area (Å²) in [6.07, 6.45) is 0. The Hall–Kier alpha value is -3.37. The first-order chi connectivity index (χ1) is 12.6. The highest BCUT2D eigenvalue weighted by molar-refractivity contribution is 5.88. The number of aromatic nitrogens is 2. The summed E-state index contributed by atoms with van der Waals surface area (Å²) in [5.41, 5.74) is 0.165. The second kappa shape index (κ2) is 7.89. The van der Waals surface area contributed by atoms with E-state index in [9.17, 15) is 28.5 Å². The highest BCUT2D eigenvalue weighted by atomic mass is 19.2. The Morgan fingerprint density at radius 1 is 1.30 bits per heavy atom. The molecule has 144 valence electrons. The fourth-order valence-corrected chi connectivity index (χ4v) is 2.58. The first kappa shape index (κ1) is 19.9. The van der Waals surface area contributed by atoms with Crippen LogP contribution in [0.1, 0.15) is 23.0 Å². The van der Waals surface area contributed by atoms with Crippen molar-refractivity contribution in [3.8, 4) is 0 Å². The van der Waals surface area contributed by atoms with E-state index in [0.29, 0.717) is 0 Å². The Morgan fingerprint density at radius 3 is 2.48 bits per heavy atom. The van der Waals surface area contributed by atoms with Crippen molar-refractivity contribution in [3.05, 3.63) is 56.9 Å². The van der Waals surface area contributed by atoms with E-state index < -0.39 is 41.0 Å². The van der Waals surface area contributed by atoms with Crippen LogP contribution in [0.15, 0.2) is 18.2 Å². The lowest BCUT2D eigenvalue weighted by molar-refractivity contribution is -0.386. The summed E-state index contributed by atoms with van der Waals surface area (Å²) in [4.78, 5) is 34.8. The molecule has 0 fully saturated rings. The minimum atomic E-state index is -1.27. The lowest BCUT2D eigenvalue weighted by Crippen LogP contribution is -2.40. The maximum absolute atomic E-state index is 13.5. The van der Waals surface area contributed by atoms with Gasteiger partial charge in [0.2, 0.25) is 11.8 Å². The lowest BCUT2D eigenvalue weighted by Gasteiger charge is -2.18. The summed E-state index contributed by atoms with van der Waals surface area (Å²) in [5.74, 6) is -3.58. The fraction of sp³-hybridized carbons (Fsp3) is 0.312. The summed E-state index contributed by atoms with van der Waals surface area (Å²) in [7, 11) is 1.33. The molecule has 0 aliphatic heterocycles. The molecular weight excluding hydrogens is 364 g/mol. The number of halogens is 2. The van der Waals surface area contributed by atoms with Crippen LogP contribution < -0.4 is 10.6 Å². The summed E-state index contributed by atoms with van der Waals surface area (Å²) in [6.45, 7) is 2.49. The van der Waals surface area contributed by atoms with Gasteiger partial charge in [0.15, 0.2) is 11.6 Å². The van der Waals surface area contributed by atoms with Crippen molar-refractivity contribution in [2.24, 2.45) is 0 Å². The zero-order chi connectivity index (χ0) is 20.3. The number of aryl methyl sites for hydroxylation is 1. The highest BCUT2D eigenvalue weighted by Crippen LogP contribution is 2.22. The van der Waals surface area contributed by atoms with Crippen molar-refractivity contribution < 1.29 is 23.3 Å². The molecule has 1 atom stereocenters. The van der Waals surface area contributed by atoms with E-state index in [2.05, 4.69) is 15.7 Å². The fourth-order valence-electron chi connectivity index (χ4n) is 2.58. The van der Waals surface area contributed by atoms with E-state index in [1.807, 2.05) is 0 Å². The van der Waals surface area contributed by atoms with Crippen molar-refractivity contribution in [1.29, 1.82) is 0 Å². The number of amides is 2. The second-order valence-electron chi connectivity index (χ2n) is 5.72. The number of nitro groups is 1. The van der Waals surface area contributed by atoms with Gasteiger partial charge in [-0.25, -0.2) is 8.78 Å². The third kappa shape index (κ3) is 4.25. The van der Waals surface area contributed by atoms with Crippen LogP contribution in [-0.4, -0.2) is 33.6 Å². The molecule has 0 aliphatic carbocycles. The highest BCUT2D eigenvalue weighted by Gasteiger charge is 2.26. The minimum Gasteiger partial charge on any atom is -0.357 e. The number of nitrogens with one attached hydrogen (secondary N) is 2. The summed E-state index contributed by atoms with van der Waals surface area (Å²) < 4.78 is 27.7. The molecule has 0 saturated heterocycles. The zero-order valence-corrected chi connectivity index (χ0v) is 14.7. The molecule has 11 heteroatoms. The van der Waals surface area contributed by atoms with Crippen molar-refractivity contribution >= 4 is 17.5 Å². The second-order valence-corrected chi connectivity index (χ2v) is 5.72. The number of hydrogen-bond acceptors (Lipinski definition) is 5. The summed E-state index contributed by atoms with van der Waals surface area (Å²) >= 11 is 0. The number of rotatable bonds is 6. The molecular formula is C16H17F2N5O4. The molecule has 0 saturated carbocycles. The number of nitrogens with zero attached hydrogens (tertiary/aromatic N) is 3. The van der Waals surface area contributed by atoms with Crippen molar-refractivity contribution in [2.45, 2.75) is 26.4 Å². The number of carbonyl (C=O) groups excluding carboxylic acids is 2. The van der Waals surface area contributed by atoms with Gasteiger partial charge in [-0.05, 0) is 31.5 Å². The standard InChI is InChI=1S/C16H17F2N5O4/c1-8-15(23(26)27)9(2)22(21-8)7-13(24)20-14(16(25)19-3)10-4-5-11(17)12(18)6-10/h4-6,14H,7H2,1-3H3,(H,19,25)(H,20,24). The largest absolute Gasteiger partial charge is 0.357 e. The molecule has 2 amide bonds. The van der Waals surface area contributed by atoms with Gasteiger partial charge in [-0.15, -0.1) is 0 Å². The Balaban J connectivity index is 2.24. The van der Waals surface area contributed by atoms with E-state index in [1.165, 1.54) is 27.0 Å². The van der Waals surface area contributed by atoms with Gasteiger partial charge in [-0.2, -0.15) is 5.10 Å². The van der Waals surface area contributed by atoms with Crippen molar-refractivity contribution in [2.75, 3.05) is 7.05 Å². The van der Waals surface area contributed by atoms with Gasteiger partial charge in [-0.3, -0.25) is 24.4 Å². The van der Waals surface area contributed by atoms with Crippen LogP contribution >= 0.6 is 0 Å². The molecule has 0 aliphatic rings. The number of hydrogen-bond donors (Lipinski definition) is 2. The molecule has 0 bridgehead atoms. The maximum atomic E-state index is 13.5. The molecule has 1 aromatic carbocycles. The predicted octanol–water partition coefficient (Wildman–Crippen LogP) is 1.29. The molecule has 9 nitrogen and oxygen atoms in total. The van der Waals surface area contributed by atoms with Crippen molar-refractivity contribution in [1.82, 2.24) is 20.4 Å². The third-order valence-corrected chi connectivity index (χ3v) is 3.91. The molecule has 1 heterocycles. The van der Waals surface area contributed by atoms with Gasteiger partial charge in [0, 0.05) is 7.05 Å². The lowest BCUT2D eigenvalue weighted by atomic mass is 10.1. The average molecular weight is 381 g/mol. The minimum absolute atomic E-state index is 0.0425. The summed E-state index contributed by atoms with van der Waals surface area (Å²) in [6, 6.07) is 1.55. The molecule has 0 spiro atoms. The van der Waals surface area contributed by atoms with Gasteiger partial charge in [0.25, 0.3) is 0 Å². The molecule has 27 heavy (non-hydrogen) atoms. The molecule has 2 aromatic rings. The Kier molecular flexibility index (Phi) is 5.83. The van der Waals surface area contributed by atoms with E-state index in [1.54, 1.807) is 0 Å². The molecule has 2 rings (SSSR count). The van der Waals surface area contributed by atoms with Crippen LogP contribution in [0.2, 0.25) is 0 Å². The van der Waals surface area contributed by atoms with Crippen LogP contribution in [0.4, 0.5) is 14.5 Å². The first-order valence-corrected chi connectivity index (χ1v) is 7.80.